The van der Waals surface area contributed by atoms with Gasteiger partial charge in [-0.25, -0.2) is 0 Å². The van der Waals surface area contributed by atoms with Crippen LogP contribution in [-0.4, -0.2) is 35.7 Å². The molecule has 0 saturated carbocycles. The Balaban J connectivity index is 1.94. The number of amides is 1. The monoisotopic (exact) mass is 274 g/mol. The number of hydrogen-bond acceptors (Lipinski definition) is 3. The fourth-order valence-electron chi connectivity index (χ4n) is 2.51. The summed E-state index contributed by atoms with van der Waals surface area (Å²) < 4.78 is 0. The van der Waals surface area contributed by atoms with Gasteiger partial charge in [0.2, 0.25) is 5.91 Å². The summed E-state index contributed by atoms with van der Waals surface area (Å²) in [5, 5.41) is 2.91. The highest BCUT2D eigenvalue weighted by Gasteiger charge is 2.22. The lowest BCUT2D eigenvalue weighted by Crippen LogP contribution is -2.44. The molecule has 1 aromatic rings. The average Bonchev–Trinajstić information content (AvgIpc) is 2.48. The predicted molar refractivity (Wildman–Crippen MR) is 80.0 cm³/mol. The molecule has 1 saturated heterocycles. The molecular formula is C16H22N2O2. The van der Waals surface area contributed by atoms with E-state index in [1.165, 1.54) is 26.2 Å². The van der Waals surface area contributed by atoms with Gasteiger partial charge in [-0.3, -0.25) is 14.5 Å². The van der Waals surface area contributed by atoms with Crippen LogP contribution < -0.4 is 5.32 Å². The molecule has 1 fully saturated rings. The van der Waals surface area contributed by atoms with Crippen LogP contribution in [0.3, 0.4) is 0 Å². The van der Waals surface area contributed by atoms with E-state index in [-0.39, 0.29) is 17.7 Å². The minimum Gasteiger partial charge on any atom is -0.325 e. The molecule has 4 nitrogen and oxygen atoms in total. The van der Waals surface area contributed by atoms with E-state index >= 15 is 0 Å². The van der Waals surface area contributed by atoms with E-state index in [1.54, 1.807) is 24.3 Å². The SMILES string of the molecule is CC(=O)c1ccc(NC(=O)[C@H](C)N2CCCCC2)cc1. The van der Waals surface area contributed by atoms with Crippen molar-refractivity contribution >= 4 is 17.4 Å². The van der Waals surface area contributed by atoms with Gasteiger partial charge in [-0.05, 0) is 64.0 Å². The van der Waals surface area contributed by atoms with Crippen molar-refractivity contribution in [3.8, 4) is 0 Å². The highest BCUT2D eigenvalue weighted by atomic mass is 16.2. The van der Waals surface area contributed by atoms with E-state index in [0.29, 0.717) is 5.56 Å². The zero-order chi connectivity index (χ0) is 14.5. The molecule has 4 heteroatoms. The molecule has 1 aliphatic rings. The molecule has 0 aromatic heterocycles. The van der Waals surface area contributed by atoms with Crippen LogP contribution in [0, 0.1) is 0 Å². The van der Waals surface area contributed by atoms with E-state index < -0.39 is 0 Å². The van der Waals surface area contributed by atoms with Gasteiger partial charge in [0, 0.05) is 11.3 Å². The van der Waals surface area contributed by atoms with Gasteiger partial charge in [0.15, 0.2) is 5.78 Å². The Morgan fingerprint density at radius 1 is 1.10 bits per heavy atom. The number of anilines is 1. The maximum Gasteiger partial charge on any atom is 0.241 e. The quantitative estimate of drug-likeness (QED) is 0.859. The highest BCUT2D eigenvalue weighted by molar-refractivity contribution is 5.96. The summed E-state index contributed by atoms with van der Waals surface area (Å²) in [6.07, 6.45) is 3.60. The summed E-state index contributed by atoms with van der Waals surface area (Å²) in [5.74, 6) is 0.0482. The molecule has 0 unspecified atom stereocenters. The molecule has 108 valence electrons. The van der Waals surface area contributed by atoms with Gasteiger partial charge in [-0.1, -0.05) is 6.42 Å². The third-order valence-electron chi connectivity index (χ3n) is 3.88. The number of ketones is 1. The Labute approximate surface area is 120 Å². The lowest BCUT2D eigenvalue weighted by Gasteiger charge is -2.31. The van der Waals surface area contributed by atoms with Crippen molar-refractivity contribution in [1.29, 1.82) is 0 Å². The summed E-state index contributed by atoms with van der Waals surface area (Å²) in [6.45, 7) is 5.48. The summed E-state index contributed by atoms with van der Waals surface area (Å²) >= 11 is 0. The number of likely N-dealkylation sites (tertiary alicyclic amines) is 1. The Morgan fingerprint density at radius 2 is 1.70 bits per heavy atom. The first kappa shape index (κ1) is 14.7. The van der Waals surface area contributed by atoms with Gasteiger partial charge < -0.3 is 5.32 Å². The van der Waals surface area contributed by atoms with Crippen LogP contribution in [0.15, 0.2) is 24.3 Å². The largest absolute Gasteiger partial charge is 0.325 e. The minimum absolute atomic E-state index is 0.0162. The molecule has 20 heavy (non-hydrogen) atoms. The van der Waals surface area contributed by atoms with E-state index in [2.05, 4.69) is 10.2 Å². The van der Waals surface area contributed by atoms with Crippen molar-refractivity contribution in [2.45, 2.75) is 39.2 Å². The molecule has 1 atom stereocenters. The number of Topliss-reactive ketones (excluding diaryl/α,β-unsaturated/α-hetero) is 1. The molecule has 1 heterocycles. The zero-order valence-corrected chi connectivity index (χ0v) is 12.2. The van der Waals surface area contributed by atoms with Crippen molar-refractivity contribution in [2.75, 3.05) is 18.4 Å². The molecule has 1 aromatic carbocycles. The normalized spacial score (nSPS) is 17.5. The highest BCUT2D eigenvalue weighted by Crippen LogP contribution is 2.15. The van der Waals surface area contributed by atoms with Crippen LogP contribution >= 0.6 is 0 Å². The summed E-state index contributed by atoms with van der Waals surface area (Å²) in [4.78, 5) is 25.6. The van der Waals surface area contributed by atoms with Gasteiger partial charge in [0.05, 0.1) is 6.04 Å². The van der Waals surface area contributed by atoms with Crippen LogP contribution in [0.25, 0.3) is 0 Å². The number of hydrogen-bond donors (Lipinski definition) is 1. The minimum atomic E-state index is -0.109. The summed E-state index contributed by atoms with van der Waals surface area (Å²) in [5.41, 5.74) is 1.40. The van der Waals surface area contributed by atoms with Gasteiger partial charge >= 0.3 is 0 Å². The van der Waals surface area contributed by atoms with Gasteiger partial charge in [-0.15, -0.1) is 0 Å². The number of carbonyl (C=O) groups is 2. The third-order valence-corrected chi connectivity index (χ3v) is 3.88. The Kier molecular flexibility index (Phi) is 4.90. The number of nitrogens with zero attached hydrogens (tertiary/aromatic N) is 1. The lowest BCUT2D eigenvalue weighted by molar-refractivity contribution is -0.121. The van der Waals surface area contributed by atoms with Crippen molar-refractivity contribution in [1.82, 2.24) is 4.90 Å². The predicted octanol–water partition coefficient (Wildman–Crippen LogP) is 2.70. The molecule has 1 N–H and O–H groups in total. The maximum atomic E-state index is 12.2. The van der Waals surface area contributed by atoms with E-state index in [9.17, 15) is 9.59 Å². The number of benzene rings is 1. The van der Waals surface area contributed by atoms with Crippen molar-refractivity contribution in [2.24, 2.45) is 0 Å². The van der Waals surface area contributed by atoms with Crippen LogP contribution in [0.2, 0.25) is 0 Å². The molecular weight excluding hydrogens is 252 g/mol. The van der Waals surface area contributed by atoms with Crippen molar-refractivity contribution < 1.29 is 9.59 Å². The maximum absolute atomic E-state index is 12.2. The number of carbonyl (C=O) groups excluding carboxylic acids is 2. The first-order valence-electron chi connectivity index (χ1n) is 7.24. The van der Waals surface area contributed by atoms with E-state index in [0.717, 1.165) is 18.8 Å². The summed E-state index contributed by atoms with van der Waals surface area (Å²) in [6, 6.07) is 6.92. The molecule has 0 spiro atoms. The van der Waals surface area contributed by atoms with E-state index in [1.807, 2.05) is 6.92 Å². The van der Waals surface area contributed by atoms with Gasteiger partial charge in [-0.2, -0.15) is 0 Å². The van der Waals surface area contributed by atoms with Crippen molar-refractivity contribution in [3.05, 3.63) is 29.8 Å². The van der Waals surface area contributed by atoms with E-state index in [4.69, 9.17) is 0 Å². The smallest absolute Gasteiger partial charge is 0.241 e. The fraction of sp³-hybridized carbons (Fsp3) is 0.500. The number of rotatable bonds is 4. The van der Waals surface area contributed by atoms with Crippen LogP contribution in [0.4, 0.5) is 5.69 Å². The van der Waals surface area contributed by atoms with Crippen LogP contribution in [0.1, 0.15) is 43.5 Å². The topological polar surface area (TPSA) is 49.4 Å². The van der Waals surface area contributed by atoms with Crippen LogP contribution in [-0.2, 0) is 4.79 Å². The zero-order valence-electron chi connectivity index (χ0n) is 12.2. The molecule has 1 aliphatic heterocycles. The van der Waals surface area contributed by atoms with Gasteiger partial charge in [0.25, 0.3) is 0 Å². The molecule has 2 rings (SSSR count). The Bertz CT molecular complexity index is 476. The first-order valence-corrected chi connectivity index (χ1v) is 7.24. The first-order chi connectivity index (χ1) is 9.58. The second-order valence-corrected chi connectivity index (χ2v) is 5.40. The standard InChI is InChI=1S/C16H22N2O2/c1-12(18-10-4-3-5-11-18)16(20)17-15-8-6-14(7-9-15)13(2)19/h6-9,12H,3-5,10-11H2,1-2H3,(H,17,20)/t12-/m0/s1. The lowest BCUT2D eigenvalue weighted by atomic mass is 10.1. The molecule has 0 radical (unpaired) electrons. The van der Waals surface area contributed by atoms with Crippen molar-refractivity contribution in [3.63, 3.8) is 0 Å². The Morgan fingerprint density at radius 3 is 2.25 bits per heavy atom. The fourth-order valence-corrected chi connectivity index (χ4v) is 2.51. The van der Waals surface area contributed by atoms with Crippen LogP contribution in [0.5, 0.6) is 0 Å². The van der Waals surface area contributed by atoms with Gasteiger partial charge in [0.1, 0.15) is 0 Å². The second kappa shape index (κ2) is 6.66. The molecule has 0 bridgehead atoms. The average molecular weight is 274 g/mol. The number of nitrogens with one attached hydrogen (secondary N) is 1. The third kappa shape index (κ3) is 3.67. The second-order valence-electron chi connectivity index (χ2n) is 5.40. The molecule has 0 aliphatic carbocycles. The number of piperidine rings is 1. The summed E-state index contributed by atoms with van der Waals surface area (Å²) in [7, 11) is 0. The molecule has 1 amide bonds. The Hall–Kier alpha value is -1.68.